The number of nitrogens with two attached hydrogens (primary N) is 1. The largest absolute Gasteiger partial charge is 0.335 e. The molecule has 0 radical (unpaired) electrons. The number of hydrogen-bond donors (Lipinski definition) is 1. The Morgan fingerprint density at radius 3 is 2.70 bits per heavy atom. The number of halogens is 1. The summed E-state index contributed by atoms with van der Waals surface area (Å²) in [5.41, 5.74) is 7.16. The van der Waals surface area contributed by atoms with Crippen LogP contribution in [-0.4, -0.2) is 23.4 Å². The molecule has 0 spiro atoms. The normalized spacial score (nSPS) is 29.9. The number of amides is 1. The van der Waals surface area contributed by atoms with Gasteiger partial charge in [-0.15, -0.1) is 0 Å². The molecular formula is C16H21ClN2O. The molecule has 2 fully saturated rings. The van der Waals surface area contributed by atoms with Gasteiger partial charge in [0.15, 0.2) is 0 Å². The number of hydrogen-bond acceptors (Lipinski definition) is 2. The summed E-state index contributed by atoms with van der Waals surface area (Å²) < 4.78 is 0. The van der Waals surface area contributed by atoms with E-state index in [0.29, 0.717) is 0 Å². The topological polar surface area (TPSA) is 46.3 Å². The third-order valence-electron chi connectivity index (χ3n) is 4.69. The van der Waals surface area contributed by atoms with Crippen LogP contribution in [0.3, 0.4) is 0 Å². The lowest BCUT2D eigenvalue weighted by Gasteiger charge is -2.29. The zero-order chi connectivity index (χ0) is 14.1. The quantitative estimate of drug-likeness (QED) is 0.910. The van der Waals surface area contributed by atoms with Gasteiger partial charge in [-0.3, -0.25) is 4.79 Å². The van der Waals surface area contributed by atoms with E-state index < -0.39 is 0 Å². The summed E-state index contributed by atoms with van der Waals surface area (Å²) in [7, 11) is 0. The van der Waals surface area contributed by atoms with E-state index in [1.165, 1.54) is 0 Å². The summed E-state index contributed by atoms with van der Waals surface area (Å²) >= 11 is 6.30. The molecule has 4 heteroatoms. The molecule has 3 nitrogen and oxygen atoms in total. The molecule has 0 bridgehead atoms. The minimum atomic E-state index is 0.0121. The molecule has 20 heavy (non-hydrogen) atoms. The molecular weight excluding hydrogens is 272 g/mol. The van der Waals surface area contributed by atoms with Crippen molar-refractivity contribution >= 4 is 17.5 Å². The van der Waals surface area contributed by atoms with Gasteiger partial charge in [0.2, 0.25) is 5.91 Å². The van der Waals surface area contributed by atoms with E-state index in [9.17, 15) is 4.79 Å². The number of rotatable bonds is 2. The summed E-state index contributed by atoms with van der Waals surface area (Å²) in [6.07, 6.45) is 5.02. The Labute approximate surface area is 125 Å². The number of likely N-dealkylation sites (tertiary alicyclic amines) is 1. The lowest BCUT2D eigenvalue weighted by atomic mass is 10.00. The predicted octanol–water partition coefficient (Wildman–Crippen LogP) is 3.13. The summed E-state index contributed by atoms with van der Waals surface area (Å²) in [5, 5.41) is 0.757. The lowest BCUT2D eigenvalue weighted by molar-refractivity contribution is -0.136. The number of carbonyl (C=O) groups is 1. The van der Waals surface area contributed by atoms with Crippen LogP contribution in [0.4, 0.5) is 0 Å². The molecule has 1 aromatic rings. The minimum Gasteiger partial charge on any atom is -0.335 e. The molecule has 3 unspecified atom stereocenters. The summed E-state index contributed by atoms with van der Waals surface area (Å²) in [6, 6.07) is 8.02. The standard InChI is InChI=1S/C16H21ClN2O/c17-13-7-2-1-5-11(13)15-9-4-10-19(15)16(20)12-6-3-8-14(12)18/h1-2,5,7,12,14-15H,3-4,6,8-10,18H2. The van der Waals surface area contributed by atoms with Crippen LogP contribution in [0.25, 0.3) is 0 Å². The molecule has 2 N–H and O–H groups in total. The highest BCUT2D eigenvalue weighted by molar-refractivity contribution is 6.31. The third-order valence-corrected chi connectivity index (χ3v) is 5.03. The zero-order valence-electron chi connectivity index (χ0n) is 11.6. The van der Waals surface area contributed by atoms with E-state index in [4.69, 9.17) is 17.3 Å². The molecule has 2 aliphatic rings. The molecule has 1 aromatic carbocycles. The van der Waals surface area contributed by atoms with Gasteiger partial charge in [0.1, 0.15) is 0 Å². The monoisotopic (exact) mass is 292 g/mol. The molecule has 1 aliphatic carbocycles. The maximum atomic E-state index is 12.8. The Balaban J connectivity index is 1.82. The highest BCUT2D eigenvalue weighted by Gasteiger charge is 2.38. The Kier molecular flexibility index (Phi) is 3.99. The van der Waals surface area contributed by atoms with Crippen LogP contribution in [0.5, 0.6) is 0 Å². The van der Waals surface area contributed by atoms with Gasteiger partial charge in [0.05, 0.1) is 12.0 Å². The molecule has 108 valence electrons. The Morgan fingerprint density at radius 2 is 2.00 bits per heavy atom. The van der Waals surface area contributed by atoms with Crippen molar-refractivity contribution in [2.24, 2.45) is 11.7 Å². The van der Waals surface area contributed by atoms with E-state index in [-0.39, 0.29) is 23.9 Å². The van der Waals surface area contributed by atoms with Gasteiger partial charge in [-0.05, 0) is 37.3 Å². The second-order valence-corrected chi connectivity index (χ2v) is 6.32. The van der Waals surface area contributed by atoms with Crippen LogP contribution in [0, 0.1) is 5.92 Å². The number of benzene rings is 1. The van der Waals surface area contributed by atoms with E-state index in [2.05, 4.69) is 0 Å². The van der Waals surface area contributed by atoms with E-state index in [1.54, 1.807) is 0 Å². The second kappa shape index (κ2) is 5.74. The first-order valence-corrected chi connectivity index (χ1v) is 7.87. The van der Waals surface area contributed by atoms with Crippen molar-refractivity contribution in [3.8, 4) is 0 Å². The van der Waals surface area contributed by atoms with Crippen molar-refractivity contribution in [3.63, 3.8) is 0 Å². The molecule has 1 saturated carbocycles. The fourth-order valence-electron chi connectivity index (χ4n) is 3.61. The number of carbonyl (C=O) groups excluding carboxylic acids is 1. The first-order valence-electron chi connectivity index (χ1n) is 7.49. The average molecular weight is 293 g/mol. The van der Waals surface area contributed by atoms with Crippen molar-refractivity contribution in [1.29, 1.82) is 0 Å². The lowest BCUT2D eigenvalue weighted by Crippen LogP contribution is -2.41. The van der Waals surface area contributed by atoms with Crippen molar-refractivity contribution in [2.75, 3.05) is 6.54 Å². The first-order chi connectivity index (χ1) is 9.68. The molecule has 1 amide bonds. The fourth-order valence-corrected chi connectivity index (χ4v) is 3.87. The average Bonchev–Trinajstić information content (AvgIpc) is 3.07. The van der Waals surface area contributed by atoms with Gasteiger partial charge in [-0.1, -0.05) is 36.2 Å². The van der Waals surface area contributed by atoms with E-state index >= 15 is 0 Å². The molecule has 0 aromatic heterocycles. The van der Waals surface area contributed by atoms with Crippen molar-refractivity contribution in [3.05, 3.63) is 34.9 Å². The van der Waals surface area contributed by atoms with Crippen LogP contribution in [0.15, 0.2) is 24.3 Å². The van der Waals surface area contributed by atoms with Gasteiger partial charge in [-0.2, -0.15) is 0 Å². The third kappa shape index (κ3) is 2.45. The van der Waals surface area contributed by atoms with Gasteiger partial charge in [0.25, 0.3) is 0 Å². The maximum absolute atomic E-state index is 12.8. The summed E-state index contributed by atoms with van der Waals surface area (Å²) in [4.78, 5) is 14.8. The van der Waals surface area contributed by atoms with Crippen LogP contribution in [0.1, 0.15) is 43.7 Å². The minimum absolute atomic E-state index is 0.0121. The van der Waals surface area contributed by atoms with Crippen molar-refractivity contribution in [2.45, 2.75) is 44.2 Å². The first kappa shape index (κ1) is 13.9. The highest BCUT2D eigenvalue weighted by Crippen LogP contribution is 2.38. The van der Waals surface area contributed by atoms with Crippen molar-refractivity contribution < 1.29 is 4.79 Å². The predicted molar refractivity (Wildman–Crippen MR) is 80.5 cm³/mol. The van der Waals surface area contributed by atoms with Crippen LogP contribution in [-0.2, 0) is 4.79 Å². The van der Waals surface area contributed by atoms with Gasteiger partial charge in [0, 0.05) is 17.6 Å². The molecule has 1 saturated heterocycles. The second-order valence-electron chi connectivity index (χ2n) is 5.91. The fraction of sp³-hybridized carbons (Fsp3) is 0.562. The SMILES string of the molecule is NC1CCCC1C(=O)N1CCCC1c1ccccc1Cl. The Morgan fingerprint density at radius 1 is 1.20 bits per heavy atom. The van der Waals surface area contributed by atoms with Gasteiger partial charge >= 0.3 is 0 Å². The summed E-state index contributed by atoms with van der Waals surface area (Å²) in [5.74, 6) is 0.246. The van der Waals surface area contributed by atoms with Crippen LogP contribution in [0.2, 0.25) is 5.02 Å². The summed E-state index contributed by atoms with van der Waals surface area (Å²) in [6.45, 7) is 0.831. The molecule has 3 rings (SSSR count). The van der Waals surface area contributed by atoms with Crippen molar-refractivity contribution in [1.82, 2.24) is 4.90 Å². The van der Waals surface area contributed by atoms with Gasteiger partial charge < -0.3 is 10.6 Å². The molecule has 3 atom stereocenters. The smallest absolute Gasteiger partial charge is 0.227 e. The molecule has 1 aliphatic heterocycles. The number of nitrogens with zero attached hydrogens (tertiary/aromatic N) is 1. The molecule has 1 heterocycles. The van der Waals surface area contributed by atoms with Crippen LogP contribution >= 0.6 is 11.6 Å². The van der Waals surface area contributed by atoms with Crippen LogP contribution < -0.4 is 5.73 Å². The van der Waals surface area contributed by atoms with Gasteiger partial charge in [-0.25, -0.2) is 0 Å². The Hall–Kier alpha value is -1.06. The zero-order valence-corrected chi connectivity index (χ0v) is 12.4. The van der Waals surface area contributed by atoms with E-state index in [0.717, 1.165) is 49.2 Å². The van der Waals surface area contributed by atoms with E-state index in [1.807, 2.05) is 29.2 Å². The maximum Gasteiger partial charge on any atom is 0.227 e. The highest BCUT2D eigenvalue weighted by atomic mass is 35.5. The Bertz CT molecular complexity index is 505.